The van der Waals surface area contributed by atoms with Crippen molar-refractivity contribution < 1.29 is 9.32 Å². The number of carbonyl (C=O) groups excluding carboxylic acids is 1. The molecular formula is C21H23N5O2S. The molecular weight excluding hydrogens is 386 g/mol. The molecule has 8 heteroatoms. The molecule has 0 unspecified atom stereocenters. The van der Waals surface area contributed by atoms with Gasteiger partial charge in [-0.1, -0.05) is 35.5 Å². The van der Waals surface area contributed by atoms with Crippen LogP contribution in [0.25, 0.3) is 11.5 Å². The summed E-state index contributed by atoms with van der Waals surface area (Å²) in [6.07, 6.45) is 7.56. The highest BCUT2D eigenvalue weighted by molar-refractivity contribution is 7.99. The lowest BCUT2D eigenvalue weighted by molar-refractivity contribution is -0.130. The van der Waals surface area contributed by atoms with E-state index in [1.165, 1.54) is 5.56 Å². The molecule has 0 radical (unpaired) electrons. The average molecular weight is 410 g/mol. The van der Waals surface area contributed by atoms with Gasteiger partial charge in [0, 0.05) is 37.7 Å². The molecule has 3 aromatic rings. The van der Waals surface area contributed by atoms with E-state index >= 15 is 0 Å². The Hall–Kier alpha value is -2.74. The normalized spacial score (nSPS) is 16.7. The number of hydrogen-bond acceptors (Lipinski definition) is 7. The third kappa shape index (κ3) is 5.41. The molecule has 1 fully saturated rings. The number of carbonyl (C=O) groups is 1. The predicted octanol–water partition coefficient (Wildman–Crippen LogP) is 3.24. The largest absolute Gasteiger partial charge is 0.342 e. The first-order valence-electron chi connectivity index (χ1n) is 9.76. The van der Waals surface area contributed by atoms with Crippen LogP contribution in [0.5, 0.6) is 0 Å². The molecule has 4 rings (SSSR count). The van der Waals surface area contributed by atoms with Crippen LogP contribution < -0.4 is 0 Å². The fourth-order valence-electron chi connectivity index (χ4n) is 3.48. The van der Waals surface area contributed by atoms with Gasteiger partial charge in [0.05, 0.1) is 11.9 Å². The summed E-state index contributed by atoms with van der Waals surface area (Å²) in [6, 6.07) is 10.2. The molecule has 150 valence electrons. The van der Waals surface area contributed by atoms with Crippen LogP contribution in [0.4, 0.5) is 0 Å². The molecule has 7 nitrogen and oxygen atoms in total. The smallest absolute Gasteiger partial charge is 0.232 e. The predicted molar refractivity (Wildman–Crippen MR) is 111 cm³/mol. The van der Waals surface area contributed by atoms with Gasteiger partial charge in [-0.25, -0.2) is 4.98 Å². The van der Waals surface area contributed by atoms with Gasteiger partial charge in [-0.05, 0) is 24.3 Å². The van der Waals surface area contributed by atoms with Gasteiger partial charge in [-0.3, -0.25) is 9.78 Å². The maximum Gasteiger partial charge on any atom is 0.232 e. The second-order valence-corrected chi connectivity index (χ2v) is 8.12. The van der Waals surface area contributed by atoms with Crippen LogP contribution >= 0.6 is 11.8 Å². The van der Waals surface area contributed by atoms with Crippen LogP contribution in [0.15, 0.2) is 53.4 Å². The van der Waals surface area contributed by atoms with E-state index in [-0.39, 0.29) is 5.91 Å². The van der Waals surface area contributed by atoms with Gasteiger partial charge < -0.3 is 9.42 Å². The quantitative estimate of drug-likeness (QED) is 0.592. The van der Waals surface area contributed by atoms with E-state index in [1.54, 1.807) is 30.4 Å². The van der Waals surface area contributed by atoms with Crippen molar-refractivity contribution in [2.75, 3.05) is 18.8 Å². The Morgan fingerprint density at radius 3 is 2.97 bits per heavy atom. The minimum Gasteiger partial charge on any atom is -0.342 e. The van der Waals surface area contributed by atoms with Gasteiger partial charge in [0.1, 0.15) is 5.69 Å². The number of rotatable bonds is 7. The second kappa shape index (κ2) is 9.65. The van der Waals surface area contributed by atoms with Crippen molar-refractivity contribution >= 4 is 17.7 Å². The maximum atomic E-state index is 12.6. The molecule has 0 aliphatic carbocycles. The van der Waals surface area contributed by atoms with Crippen LogP contribution in [0.2, 0.25) is 0 Å². The van der Waals surface area contributed by atoms with E-state index in [9.17, 15) is 4.79 Å². The Bertz CT molecular complexity index is 919. The van der Waals surface area contributed by atoms with Gasteiger partial charge in [-0.15, -0.1) is 11.8 Å². The Morgan fingerprint density at radius 2 is 2.14 bits per heavy atom. The van der Waals surface area contributed by atoms with E-state index in [1.807, 2.05) is 23.1 Å². The number of thioether (sulfide) groups is 1. The van der Waals surface area contributed by atoms with Gasteiger partial charge in [-0.2, -0.15) is 4.98 Å². The zero-order valence-electron chi connectivity index (χ0n) is 16.1. The molecule has 1 aromatic carbocycles. The minimum absolute atomic E-state index is 0.210. The van der Waals surface area contributed by atoms with E-state index in [2.05, 4.69) is 32.2 Å². The Kier molecular flexibility index (Phi) is 6.51. The van der Waals surface area contributed by atoms with E-state index in [0.29, 0.717) is 35.5 Å². The summed E-state index contributed by atoms with van der Waals surface area (Å²) in [6.45, 7) is 1.57. The third-order valence-electron chi connectivity index (χ3n) is 4.93. The molecule has 1 aliphatic rings. The SMILES string of the molecule is O=C(CSCc1ccccc1)N1CCC[C@@H](Cc2nc(-c3cnccn3)no2)C1. The fraction of sp³-hybridized carbons (Fsp3) is 0.381. The monoisotopic (exact) mass is 409 g/mol. The summed E-state index contributed by atoms with van der Waals surface area (Å²) in [5.41, 5.74) is 1.84. The lowest BCUT2D eigenvalue weighted by Gasteiger charge is -2.32. The number of aromatic nitrogens is 4. The molecule has 1 aliphatic heterocycles. The first kappa shape index (κ1) is 19.6. The third-order valence-corrected chi connectivity index (χ3v) is 5.92. The fourth-order valence-corrected chi connectivity index (χ4v) is 4.37. The summed E-state index contributed by atoms with van der Waals surface area (Å²) in [4.78, 5) is 27.3. The summed E-state index contributed by atoms with van der Waals surface area (Å²) in [7, 11) is 0. The molecule has 2 aromatic heterocycles. The van der Waals surface area contributed by atoms with Crippen molar-refractivity contribution in [3.8, 4) is 11.5 Å². The van der Waals surface area contributed by atoms with Gasteiger partial charge in [0.15, 0.2) is 0 Å². The highest BCUT2D eigenvalue weighted by Gasteiger charge is 2.25. The van der Waals surface area contributed by atoms with Crippen LogP contribution in [0.1, 0.15) is 24.3 Å². The number of nitrogens with zero attached hydrogens (tertiary/aromatic N) is 5. The number of likely N-dealkylation sites (tertiary alicyclic amines) is 1. The minimum atomic E-state index is 0.210. The van der Waals surface area contributed by atoms with Crippen LogP contribution in [0, 0.1) is 5.92 Å². The summed E-state index contributed by atoms with van der Waals surface area (Å²) < 4.78 is 5.39. The van der Waals surface area contributed by atoms with E-state index in [0.717, 1.165) is 31.7 Å². The molecule has 29 heavy (non-hydrogen) atoms. The number of amides is 1. The van der Waals surface area contributed by atoms with Crippen molar-refractivity contribution in [3.63, 3.8) is 0 Å². The molecule has 1 amide bonds. The molecule has 1 saturated heterocycles. The standard InChI is InChI=1S/C21H23N5O2S/c27-20(15-29-14-16-5-2-1-3-6-16)26-10-4-7-17(13-26)11-19-24-21(25-28-19)18-12-22-8-9-23-18/h1-3,5-6,8-9,12,17H,4,7,10-11,13-15H2/t17-/m0/s1. The lowest BCUT2D eigenvalue weighted by Crippen LogP contribution is -2.41. The van der Waals surface area contributed by atoms with Gasteiger partial charge in [0.2, 0.25) is 17.6 Å². The van der Waals surface area contributed by atoms with Crippen molar-refractivity contribution in [2.24, 2.45) is 5.92 Å². The van der Waals surface area contributed by atoms with Gasteiger partial charge in [0.25, 0.3) is 0 Å². The zero-order valence-corrected chi connectivity index (χ0v) is 16.9. The summed E-state index contributed by atoms with van der Waals surface area (Å²) in [5.74, 6) is 2.96. The van der Waals surface area contributed by atoms with Crippen LogP contribution in [-0.4, -0.2) is 49.8 Å². The molecule has 0 bridgehead atoms. The first-order valence-corrected chi connectivity index (χ1v) is 10.9. The van der Waals surface area contributed by atoms with Crippen molar-refractivity contribution in [1.82, 2.24) is 25.0 Å². The highest BCUT2D eigenvalue weighted by atomic mass is 32.2. The zero-order chi connectivity index (χ0) is 19.9. The maximum absolute atomic E-state index is 12.6. The van der Waals surface area contributed by atoms with Gasteiger partial charge >= 0.3 is 0 Å². The number of hydrogen-bond donors (Lipinski definition) is 0. The highest BCUT2D eigenvalue weighted by Crippen LogP contribution is 2.22. The molecule has 1 atom stereocenters. The first-order chi connectivity index (χ1) is 14.3. The molecule has 0 saturated carbocycles. The van der Waals surface area contributed by atoms with E-state index in [4.69, 9.17) is 4.52 Å². The van der Waals surface area contributed by atoms with E-state index < -0.39 is 0 Å². The lowest BCUT2D eigenvalue weighted by atomic mass is 9.95. The molecule has 0 N–H and O–H groups in total. The Morgan fingerprint density at radius 1 is 1.24 bits per heavy atom. The average Bonchev–Trinajstić information content (AvgIpc) is 3.24. The summed E-state index contributed by atoms with van der Waals surface area (Å²) in [5, 5.41) is 4.00. The summed E-state index contributed by atoms with van der Waals surface area (Å²) >= 11 is 1.67. The van der Waals surface area contributed by atoms with Crippen LogP contribution in [-0.2, 0) is 17.0 Å². The van der Waals surface area contributed by atoms with Crippen LogP contribution in [0.3, 0.4) is 0 Å². The van der Waals surface area contributed by atoms with Crippen molar-refractivity contribution in [2.45, 2.75) is 25.0 Å². The topological polar surface area (TPSA) is 85.0 Å². The number of benzene rings is 1. The van der Waals surface area contributed by atoms with Crippen molar-refractivity contribution in [1.29, 1.82) is 0 Å². The molecule has 3 heterocycles. The second-order valence-electron chi connectivity index (χ2n) is 7.13. The Labute approximate surface area is 173 Å². The molecule has 0 spiro atoms. The van der Waals surface area contributed by atoms with Crippen molar-refractivity contribution in [3.05, 3.63) is 60.4 Å². The number of piperidine rings is 1. The Balaban J connectivity index is 1.27.